The SMILES string of the molecule is CCCCCCCCCCCCCCCCCCCCCCCCCCCCOC(=O)N1CCCC1. The molecule has 1 fully saturated rings. The van der Waals surface area contributed by atoms with Crippen LogP contribution in [-0.4, -0.2) is 30.7 Å². The molecule has 0 aromatic rings. The average molecular weight is 508 g/mol. The second-order valence-corrected chi connectivity index (χ2v) is 11.6. The summed E-state index contributed by atoms with van der Waals surface area (Å²) in [6.45, 7) is 4.68. The Kier molecular flexibility index (Phi) is 25.3. The second-order valence-electron chi connectivity index (χ2n) is 11.6. The van der Waals surface area contributed by atoms with Crippen LogP contribution in [0.2, 0.25) is 0 Å². The molecule has 0 radical (unpaired) electrons. The number of likely N-dealkylation sites (tertiary alicyclic amines) is 1. The molecule has 0 aromatic heterocycles. The van der Waals surface area contributed by atoms with E-state index in [4.69, 9.17) is 4.74 Å². The number of carbonyl (C=O) groups is 1. The summed E-state index contributed by atoms with van der Waals surface area (Å²) < 4.78 is 5.37. The van der Waals surface area contributed by atoms with E-state index in [1.165, 1.54) is 161 Å². The van der Waals surface area contributed by atoms with Gasteiger partial charge >= 0.3 is 6.09 Å². The molecule has 0 atom stereocenters. The van der Waals surface area contributed by atoms with Crippen LogP contribution < -0.4 is 0 Å². The number of hydrogen-bond acceptors (Lipinski definition) is 2. The molecule has 1 amide bonds. The zero-order chi connectivity index (χ0) is 25.8. The van der Waals surface area contributed by atoms with Crippen molar-refractivity contribution in [2.24, 2.45) is 0 Å². The van der Waals surface area contributed by atoms with Crippen LogP contribution in [0.25, 0.3) is 0 Å². The van der Waals surface area contributed by atoms with Crippen LogP contribution >= 0.6 is 0 Å². The van der Waals surface area contributed by atoms with Crippen LogP contribution in [0.4, 0.5) is 4.79 Å². The maximum absolute atomic E-state index is 11.8. The summed E-state index contributed by atoms with van der Waals surface area (Å²) in [6, 6.07) is 0. The highest BCUT2D eigenvalue weighted by Gasteiger charge is 2.18. The first-order chi connectivity index (χ1) is 17.8. The van der Waals surface area contributed by atoms with Crippen LogP contribution in [-0.2, 0) is 4.74 Å². The topological polar surface area (TPSA) is 29.5 Å². The van der Waals surface area contributed by atoms with E-state index in [-0.39, 0.29) is 6.09 Å². The average Bonchev–Trinajstić information content (AvgIpc) is 3.43. The third-order valence-electron chi connectivity index (χ3n) is 8.09. The molecule has 1 saturated heterocycles. The minimum Gasteiger partial charge on any atom is -0.449 e. The Bertz CT molecular complexity index is 447. The predicted molar refractivity (Wildman–Crippen MR) is 158 cm³/mol. The van der Waals surface area contributed by atoms with Crippen molar-refractivity contribution in [3.8, 4) is 0 Å². The Balaban J connectivity index is 1.63. The monoisotopic (exact) mass is 508 g/mol. The maximum Gasteiger partial charge on any atom is 0.409 e. The quantitative estimate of drug-likeness (QED) is 0.103. The minimum absolute atomic E-state index is 0.0907. The lowest BCUT2D eigenvalue weighted by Gasteiger charge is -2.14. The van der Waals surface area contributed by atoms with Crippen LogP contribution in [0.15, 0.2) is 0 Å². The molecule has 1 heterocycles. The number of rotatable bonds is 27. The summed E-state index contributed by atoms with van der Waals surface area (Å²) in [5.41, 5.74) is 0. The van der Waals surface area contributed by atoms with Gasteiger partial charge in [0.1, 0.15) is 0 Å². The van der Waals surface area contributed by atoms with E-state index in [1.807, 2.05) is 4.90 Å². The fourth-order valence-electron chi connectivity index (χ4n) is 5.57. The zero-order valence-corrected chi connectivity index (χ0v) is 24.7. The van der Waals surface area contributed by atoms with Gasteiger partial charge in [-0.05, 0) is 19.3 Å². The Morgan fingerprint density at radius 3 is 1.06 bits per heavy atom. The van der Waals surface area contributed by atoms with Crippen molar-refractivity contribution in [1.29, 1.82) is 0 Å². The largest absolute Gasteiger partial charge is 0.449 e. The first kappa shape index (κ1) is 33.3. The van der Waals surface area contributed by atoms with E-state index in [1.54, 1.807) is 0 Å². The standard InChI is InChI=1S/C33H65NO2/c1-2-3-4-5-6-7-8-9-10-11-12-13-14-15-16-17-18-19-20-21-22-23-24-25-26-29-32-36-33(35)34-30-27-28-31-34/h2-32H2,1H3. The Hall–Kier alpha value is -0.730. The number of unbranched alkanes of at least 4 members (excludes halogenated alkanes) is 25. The van der Waals surface area contributed by atoms with Crippen molar-refractivity contribution in [2.45, 2.75) is 187 Å². The van der Waals surface area contributed by atoms with Crippen LogP contribution in [0.3, 0.4) is 0 Å². The molecule has 1 rings (SSSR count). The Morgan fingerprint density at radius 2 is 0.750 bits per heavy atom. The molecule has 0 aliphatic carbocycles. The Labute approximate surface area is 226 Å². The molecule has 36 heavy (non-hydrogen) atoms. The van der Waals surface area contributed by atoms with Crippen molar-refractivity contribution < 1.29 is 9.53 Å². The number of hydrogen-bond donors (Lipinski definition) is 0. The molecule has 0 N–H and O–H groups in total. The highest BCUT2D eigenvalue weighted by Crippen LogP contribution is 2.16. The highest BCUT2D eigenvalue weighted by molar-refractivity contribution is 5.67. The summed E-state index contributed by atoms with van der Waals surface area (Å²) in [5, 5.41) is 0. The van der Waals surface area contributed by atoms with Gasteiger partial charge in [0.05, 0.1) is 6.61 Å². The van der Waals surface area contributed by atoms with Gasteiger partial charge in [0, 0.05) is 13.1 Å². The summed E-state index contributed by atoms with van der Waals surface area (Å²) in [4.78, 5) is 13.6. The maximum atomic E-state index is 11.8. The van der Waals surface area contributed by atoms with Gasteiger partial charge in [-0.3, -0.25) is 0 Å². The molecule has 0 spiro atoms. The van der Waals surface area contributed by atoms with E-state index in [2.05, 4.69) is 6.92 Å². The van der Waals surface area contributed by atoms with Crippen molar-refractivity contribution in [3.05, 3.63) is 0 Å². The Morgan fingerprint density at radius 1 is 0.472 bits per heavy atom. The molecular weight excluding hydrogens is 442 g/mol. The lowest BCUT2D eigenvalue weighted by atomic mass is 10.0. The molecule has 1 aliphatic rings. The molecule has 1 aliphatic heterocycles. The predicted octanol–water partition coefficient (Wildman–Crippen LogP) is 11.4. The molecule has 0 bridgehead atoms. The van der Waals surface area contributed by atoms with Gasteiger partial charge in [-0.15, -0.1) is 0 Å². The van der Waals surface area contributed by atoms with Gasteiger partial charge in [-0.1, -0.05) is 167 Å². The lowest BCUT2D eigenvalue weighted by molar-refractivity contribution is 0.109. The first-order valence-corrected chi connectivity index (χ1v) is 16.8. The van der Waals surface area contributed by atoms with Crippen LogP contribution in [0.5, 0.6) is 0 Å². The zero-order valence-electron chi connectivity index (χ0n) is 24.7. The summed E-state index contributed by atoms with van der Waals surface area (Å²) in [6.07, 6.45) is 39.0. The summed E-state index contributed by atoms with van der Waals surface area (Å²) >= 11 is 0. The van der Waals surface area contributed by atoms with Gasteiger partial charge in [-0.2, -0.15) is 0 Å². The fraction of sp³-hybridized carbons (Fsp3) is 0.970. The molecular formula is C33H65NO2. The number of carbonyl (C=O) groups excluding carboxylic acids is 1. The van der Waals surface area contributed by atoms with E-state index in [0.717, 1.165) is 32.4 Å². The van der Waals surface area contributed by atoms with E-state index in [0.29, 0.717) is 6.61 Å². The second kappa shape index (κ2) is 27.3. The molecule has 0 aromatic carbocycles. The van der Waals surface area contributed by atoms with Crippen LogP contribution in [0.1, 0.15) is 187 Å². The van der Waals surface area contributed by atoms with Gasteiger partial charge in [0.2, 0.25) is 0 Å². The van der Waals surface area contributed by atoms with Gasteiger partial charge < -0.3 is 9.64 Å². The van der Waals surface area contributed by atoms with E-state index in [9.17, 15) is 4.79 Å². The van der Waals surface area contributed by atoms with Gasteiger partial charge in [-0.25, -0.2) is 4.79 Å². The molecule has 0 saturated carbocycles. The van der Waals surface area contributed by atoms with Gasteiger partial charge in [0.25, 0.3) is 0 Å². The number of nitrogens with zero attached hydrogens (tertiary/aromatic N) is 1. The van der Waals surface area contributed by atoms with Crippen molar-refractivity contribution in [2.75, 3.05) is 19.7 Å². The van der Waals surface area contributed by atoms with Crippen molar-refractivity contribution in [1.82, 2.24) is 4.90 Å². The smallest absolute Gasteiger partial charge is 0.409 e. The molecule has 0 unspecified atom stereocenters. The molecule has 3 nitrogen and oxygen atoms in total. The first-order valence-electron chi connectivity index (χ1n) is 16.8. The van der Waals surface area contributed by atoms with Crippen molar-refractivity contribution in [3.63, 3.8) is 0 Å². The highest BCUT2D eigenvalue weighted by atomic mass is 16.6. The summed E-state index contributed by atoms with van der Waals surface area (Å²) in [7, 11) is 0. The third-order valence-corrected chi connectivity index (χ3v) is 8.09. The molecule has 214 valence electrons. The number of amides is 1. The normalized spacial score (nSPS) is 13.5. The minimum atomic E-state index is -0.0907. The summed E-state index contributed by atoms with van der Waals surface area (Å²) in [5.74, 6) is 0. The van der Waals surface area contributed by atoms with Crippen LogP contribution in [0, 0.1) is 0 Å². The van der Waals surface area contributed by atoms with E-state index >= 15 is 0 Å². The third kappa shape index (κ3) is 22.5. The molecule has 3 heteroatoms. The fourth-order valence-corrected chi connectivity index (χ4v) is 5.57. The number of ether oxygens (including phenoxy) is 1. The van der Waals surface area contributed by atoms with Gasteiger partial charge in [0.15, 0.2) is 0 Å². The van der Waals surface area contributed by atoms with Crippen molar-refractivity contribution >= 4 is 6.09 Å². The van der Waals surface area contributed by atoms with E-state index < -0.39 is 0 Å². The lowest BCUT2D eigenvalue weighted by Crippen LogP contribution is -2.28.